The summed E-state index contributed by atoms with van der Waals surface area (Å²) in [6.45, 7) is 3.58. The minimum Gasteiger partial charge on any atom is -0.477 e. The second-order valence-corrected chi connectivity index (χ2v) is 5.75. The van der Waals surface area contributed by atoms with E-state index in [2.05, 4.69) is 5.32 Å². The number of carboxylic acid groups (broad SMARTS) is 1. The van der Waals surface area contributed by atoms with Crippen molar-refractivity contribution in [3.8, 4) is 0 Å². The van der Waals surface area contributed by atoms with E-state index in [0.29, 0.717) is 12.1 Å². The zero-order chi connectivity index (χ0) is 16.1. The van der Waals surface area contributed by atoms with Gasteiger partial charge in [-0.15, -0.1) is 11.3 Å². The molecule has 0 aliphatic carbocycles. The molecule has 2 aromatic rings. The summed E-state index contributed by atoms with van der Waals surface area (Å²) in [5.41, 5.74) is 0.289. The predicted octanol–water partition coefficient (Wildman–Crippen LogP) is 3.62. The van der Waals surface area contributed by atoms with Crippen molar-refractivity contribution in [1.29, 1.82) is 0 Å². The molecule has 0 spiro atoms. The lowest BCUT2D eigenvalue weighted by atomic mass is 10.2. The van der Waals surface area contributed by atoms with Gasteiger partial charge >= 0.3 is 11.9 Å². The first-order valence-electron chi connectivity index (χ1n) is 6.89. The lowest BCUT2D eigenvalue weighted by Gasteiger charge is -2.11. The predicted molar refractivity (Wildman–Crippen MR) is 87.0 cm³/mol. The molecule has 6 heteroatoms. The second-order valence-electron chi connectivity index (χ2n) is 4.80. The maximum atomic E-state index is 11.8. The Balaban J connectivity index is 2.15. The summed E-state index contributed by atoms with van der Waals surface area (Å²) in [5, 5.41) is 15.1. The van der Waals surface area contributed by atoms with Crippen LogP contribution in [0.4, 0.5) is 5.69 Å². The molecule has 2 rings (SSSR count). The minimum absolute atomic E-state index is 0.322. The van der Waals surface area contributed by atoms with Crippen molar-refractivity contribution in [2.24, 2.45) is 0 Å². The van der Waals surface area contributed by atoms with Crippen LogP contribution in [0.15, 0.2) is 41.4 Å². The third-order valence-electron chi connectivity index (χ3n) is 3.17. The van der Waals surface area contributed by atoms with Gasteiger partial charge < -0.3 is 15.2 Å². The Kier molecular flexibility index (Phi) is 5.16. The molecule has 1 unspecified atom stereocenters. The lowest BCUT2D eigenvalue weighted by Crippen LogP contribution is -2.21. The number of rotatable bonds is 6. The molecule has 1 atom stereocenters. The summed E-state index contributed by atoms with van der Waals surface area (Å²) in [5.74, 6) is -2.16. The van der Waals surface area contributed by atoms with E-state index in [1.165, 1.54) is 6.20 Å². The van der Waals surface area contributed by atoms with Gasteiger partial charge in [-0.3, -0.25) is 0 Å². The number of carbonyl (C=O) groups is 2. The van der Waals surface area contributed by atoms with Crippen LogP contribution in [0.2, 0.25) is 0 Å². The third kappa shape index (κ3) is 3.85. The smallest absolute Gasteiger partial charge is 0.347 e. The SMILES string of the molecule is CCC(C)OC(=O)C(=CNc1ccc2ccsc2c1)C(=O)O. The van der Waals surface area contributed by atoms with Crippen molar-refractivity contribution in [2.45, 2.75) is 26.4 Å². The maximum Gasteiger partial charge on any atom is 0.347 e. The second kappa shape index (κ2) is 7.09. The molecule has 0 saturated carbocycles. The number of hydrogen-bond acceptors (Lipinski definition) is 5. The van der Waals surface area contributed by atoms with Crippen LogP contribution in [-0.4, -0.2) is 23.1 Å². The number of benzene rings is 1. The number of ether oxygens (including phenoxy) is 1. The van der Waals surface area contributed by atoms with Crippen LogP contribution in [-0.2, 0) is 14.3 Å². The van der Waals surface area contributed by atoms with E-state index in [9.17, 15) is 9.59 Å². The van der Waals surface area contributed by atoms with Crippen LogP contribution >= 0.6 is 11.3 Å². The van der Waals surface area contributed by atoms with Gasteiger partial charge in [0, 0.05) is 16.6 Å². The first kappa shape index (κ1) is 16.0. The fourth-order valence-electron chi connectivity index (χ4n) is 1.74. The average Bonchev–Trinajstić information content (AvgIpc) is 2.94. The van der Waals surface area contributed by atoms with Crippen molar-refractivity contribution in [3.63, 3.8) is 0 Å². The molecule has 1 heterocycles. The lowest BCUT2D eigenvalue weighted by molar-refractivity contribution is -0.147. The molecule has 0 amide bonds. The van der Waals surface area contributed by atoms with E-state index in [4.69, 9.17) is 9.84 Å². The Morgan fingerprint density at radius 2 is 2.18 bits per heavy atom. The Morgan fingerprint density at radius 3 is 2.86 bits per heavy atom. The average molecular weight is 319 g/mol. The number of hydrogen-bond donors (Lipinski definition) is 2. The standard InChI is InChI=1S/C16H17NO4S/c1-3-10(2)21-16(20)13(15(18)19)9-17-12-5-4-11-6-7-22-14(11)8-12/h4-10,17H,3H2,1-2H3,(H,18,19). The monoisotopic (exact) mass is 319 g/mol. The molecule has 22 heavy (non-hydrogen) atoms. The number of thiophene rings is 1. The topological polar surface area (TPSA) is 75.6 Å². The third-order valence-corrected chi connectivity index (χ3v) is 4.05. The number of esters is 1. The van der Waals surface area contributed by atoms with Gasteiger partial charge in [0.05, 0.1) is 6.10 Å². The van der Waals surface area contributed by atoms with E-state index in [1.54, 1.807) is 18.3 Å². The molecule has 1 aromatic carbocycles. The highest BCUT2D eigenvalue weighted by atomic mass is 32.1. The number of aliphatic carboxylic acids is 1. The Bertz CT molecular complexity index is 720. The van der Waals surface area contributed by atoms with E-state index in [0.717, 1.165) is 10.1 Å². The molecule has 0 saturated heterocycles. The van der Waals surface area contributed by atoms with E-state index < -0.39 is 17.5 Å². The van der Waals surface area contributed by atoms with Crippen molar-refractivity contribution < 1.29 is 19.4 Å². The van der Waals surface area contributed by atoms with Crippen LogP contribution in [0, 0.1) is 0 Å². The fourth-order valence-corrected chi connectivity index (χ4v) is 2.57. The van der Waals surface area contributed by atoms with Gasteiger partial charge in [-0.2, -0.15) is 0 Å². The molecule has 116 valence electrons. The van der Waals surface area contributed by atoms with E-state index >= 15 is 0 Å². The van der Waals surface area contributed by atoms with Crippen molar-refractivity contribution in [1.82, 2.24) is 0 Å². The van der Waals surface area contributed by atoms with Crippen molar-refractivity contribution >= 4 is 39.0 Å². The fraction of sp³-hybridized carbons (Fsp3) is 0.250. The normalized spacial score (nSPS) is 12.9. The Labute approximate surface area is 132 Å². The highest BCUT2D eigenvalue weighted by molar-refractivity contribution is 7.17. The van der Waals surface area contributed by atoms with Gasteiger partial charge in [0.2, 0.25) is 0 Å². The number of nitrogens with one attached hydrogen (secondary N) is 1. The van der Waals surface area contributed by atoms with Crippen molar-refractivity contribution in [3.05, 3.63) is 41.4 Å². The summed E-state index contributed by atoms with van der Waals surface area (Å²) in [6, 6.07) is 7.66. The van der Waals surface area contributed by atoms with Crippen LogP contribution < -0.4 is 5.32 Å². The van der Waals surface area contributed by atoms with Crippen LogP contribution in [0.1, 0.15) is 20.3 Å². The first-order valence-corrected chi connectivity index (χ1v) is 7.77. The van der Waals surface area contributed by atoms with Crippen LogP contribution in [0.5, 0.6) is 0 Å². The number of fused-ring (bicyclic) bond motifs is 1. The van der Waals surface area contributed by atoms with Gasteiger partial charge in [0.1, 0.15) is 0 Å². The summed E-state index contributed by atoms with van der Waals surface area (Å²) < 4.78 is 6.12. The zero-order valence-corrected chi connectivity index (χ0v) is 13.1. The molecular weight excluding hydrogens is 302 g/mol. The molecule has 0 fully saturated rings. The van der Waals surface area contributed by atoms with Crippen LogP contribution in [0.3, 0.4) is 0 Å². The van der Waals surface area contributed by atoms with Gasteiger partial charge in [-0.25, -0.2) is 9.59 Å². The highest BCUT2D eigenvalue weighted by Gasteiger charge is 2.20. The molecule has 5 nitrogen and oxygen atoms in total. The molecule has 0 bridgehead atoms. The summed E-state index contributed by atoms with van der Waals surface area (Å²) >= 11 is 1.59. The van der Waals surface area contributed by atoms with Gasteiger partial charge in [0.15, 0.2) is 5.57 Å². The van der Waals surface area contributed by atoms with E-state index in [1.807, 2.05) is 36.6 Å². The quantitative estimate of drug-likeness (QED) is 0.368. The molecule has 2 N–H and O–H groups in total. The summed E-state index contributed by atoms with van der Waals surface area (Å²) in [7, 11) is 0. The molecule has 0 aliphatic rings. The summed E-state index contributed by atoms with van der Waals surface area (Å²) in [4.78, 5) is 23.0. The zero-order valence-electron chi connectivity index (χ0n) is 12.3. The highest BCUT2D eigenvalue weighted by Crippen LogP contribution is 2.24. The number of anilines is 1. The Hall–Kier alpha value is -2.34. The van der Waals surface area contributed by atoms with E-state index in [-0.39, 0.29) is 6.10 Å². The first-order chi connectivity index (χ1) is 10.5. The van der Waals surface area contributed by atoms with Gasteiger partial charge in [-0.05, 0) is 42.3 Å². The minimum atomic E-state index is -1.32. The largest absolute Gasteiger partial charge is 0.477 e. The van der Waals surface area contributed by atoms with Crippen LogP contribution in [0.25, 0.3) is 10.1 Å². The van der Waals surface area contributed by atoms with Gasteiger partial charge in [-0.1, -0.05) is 13.0 Å². The molecule has 1 aromatic heterocycles. The number of carbonyl (C=O) groups excluding carboxylic acids is 1. The molecule has 0 radical (unpaired) electrons. The molecule has 0 aliphatic heterocycles. The maximum absolute atomic E-state index is 11.8. The molecular formula is C16H17NO4S. The van der Waals surface area contributed by atoms with Crippen molar-refractivity contribution in [2.75, 3.05) is 5.32 Å². The van der Waals surface area contributed by atoms with Gasteiger partial charge in [0.25, 0.3) is 0 Å². The number of carboxylic acids is 1. The summed E-state index contributed by atoms with van der Waals surface area (Å²) in [6.07, 6.45) is 1.47. The Morgan fingerprint density at radius 1 is 1.41 bits per heavy atom.